The van der Waals surface area contributed by atoms with Crippen molar-refractivity contribution in [3.8, 4) is 0 Å². The number of carbonyl (C=O) groups excluding carboxylic acids is 2. The SMILES string of the molecule is CC(C)(C)C(=O)OC[C@@]12C=CC(=O)C[C@@H]1C=CCC2. The number of carbonyl (C=O) groups is 2. The molecule has 2 aliphatic rings. The van der Waals surface area contributed by atoms with Crippen LogP contribution in [0.2, 0.25) is 0 Å². The van der Waals surface area contributed by atoms with E-state index >= 15 is 0 Å². The van der Waals surface area contributed by atoms with Crippen molar-refractivity contribution >= 4 is 11.8 Å². The molecule has 0 saturated carbocycles. The predicted octanol–water partition coefficient (Wildman–Crippen LogP) is 3.06. The first-order valence-corrected chi connectivity index (χ1v) is 6.89. The molecule has 104 valence electrons. The minimum absolute atomic E-state index is 0.161. The number of hydrogen-bond acceptors (Lipinski definition) is 3. The first-order chi connectivity index (χ1) is 8.83. The number of rotatable bonds is 2. The summed E-state index contributed by atoms with van der Waals surface area (Å²) < 4.78 is 5.51. The van der Waals surface area contributed by atoms with Gasteiger partial charge in [0.15, 0.2) is 5.78 Å². The first kappa shape index (κ1) is 14.0. The first-order valence-electron chi connectivity index (χ1n) is 6.89. The number of hydrogen-bond donors (Lipinski definition) is 0. The maximum atomic E-state index is 11.9. The van der Waals surface area contributed by atoms with Gasteiger partial charge in [0.25, 0.3) is 0 Å². The number of esters is 1. The van der Waals surface area contributed by atoms with Gasteiger partial charge in [-0.2, -0.15) is 0 Å². The lowest BCUT2D eigenvalue weighted by Gasteiger charge is -2.41. The Balaban J connectivity index is 2.12. The van der Waals surface area contributed by atoms with Gasteiger partial charge in [-0.15, -0.1) is 0 Å². The molecule has 0 N–H and O–H groups in total. The van der Waals surface area contributed by atoms with Crippen molar-refractivity contribution in [2.75, 3.05) is 6.61 Å². The molecule has 0 aromatic carbocycles. The molecule has 2 aliphatic carbocycles. The van der Waals surface area contributed by atoms with Crippen LogP contribution in [0.3, 0.4) is 0 Å². The van der Waals surface area contributed by atoms with E-state index in [1.165, 1.54) is 0 Å². The molecule has 3 heteroatoms. The molecule has 0 aromatic heterocycles. The van der Waals surface area contributed by atoms with Crippen LogP contribution in [0.4, 0.5) is 0 Å². The number of ketones is 1. The largest absolute Gasteiger partial charge is 0.464 e. The summed E-state index contributed by atoms with van der Waals surface area (Å²) in [5.74, 6) is 0.154. The van der Waals surface area contributed by atoms with E-state index in [-0.39, 0.29) is 23.1 Å². The van der Waals surface area contributed by atoms with Crippen LogP contribution in [-0.4, -0.2) is 18.4 Å². The lowest BCUT2D eigenvalue weighted by atomic mass is 9.65. The van der Waals surface area contributed by atoms with Gasteiger partial charge in [0.05, 0.1) is 5.41 Å². The molecule has 0 saturated heterocycles. The summed E-state index contributed by atoms with van der Waals surface area (Å²) in [6, 6.07) is 0. The highest BCUT2D eigenvalue weighted by Crippen LogP contribution is 2.44. The van der Waals surface area contributed by atoms with Crippen molar-refractivity contribution in [2.45, 2.75) is 40.0 Å². The van der Waals surface area contributed by atoms with Crippen molar-refractivity contribution in [3.63, 3.8) is 0 Å². The molecule has 19 heavy (non-hydrogen) atoms. The van der Waals surface area contributed by atoms with Crippen LogP contribution in [0.5, 0.6) is 0 Å². The van der Waals surface area contributed by atoms with Crippen molar-refractivity contribution in [1.29, 1.82) is 0 Å². The molecule has 2 atom stereocenters. The second-order valence-electron chi connectivity index (χ2n) is 6.64. The Labute approximate surface area is 114 Å². The monoisotopic (exact) mass is 262 g/mol. The Morgan fingerprint density at radius 2 is 2.21 bits per heavy atom. The lowest BCUT2D eigenvalue weighted by Crippen LogP contribution is -2.40. The highest BCUT2D eigenvalue weighted by molar-refractivity contribution is 5.91. The van der Waals surface area contributed by atoms with Gasteiger partial charge < -0.3 is 4.74 Å². The van der Waals surface area contributed by atoms with Gasteiger partial charge in [-0.05, 0) is 45.6 Å². The second-order valence-corrected chi connectivity index (χ2v) is 6.64. The van der Waals surface area contributed by atoms with Crippen LogP contribution >= 0.6 is 0 Å². The van der Waals surface area contributed by atoms with Gasteiger partial charge in [-0.1, -0.05) is 18.2 Å². The highest BCUT2D eigenvalue weighted by Gasteiger charge is 2.41. The molecule has 0 fully saturated rings. The summed E-state index contributed by atoms with van der Waals surface area (Å²) in [7, 11) is 0. The summed E-state index contributed by atoms with van der Waals surface area (Å²) >= 11 is 0. The third-order valence-electron chi connectivity index (χ3n) is 3.99. The fraction of sp³-hybridized carbons (Fsp3) is 0.625. The fourth-order valence-electron chi connectivity index (χ4n) is 2.66. The van der Waals surface area contributed by atoms with Crippen LogP contribution in [-0.2, 0) is 14.3 Å². The Kier molecular flexibility index (Phi) is 3.66. The minimum Gasteiger partial charge on any atom is -0.464 e. The van der Waals surface area contributed by atoms with Gasteiger partial charge in [0.1, 0.15) is 6.61 Å². The predicted molar refractivity (Wildman–Crippen MR) is 73.5 cm³/mol. The number of ether oxygens (including phenoxy) is 1. The fourth-order valence-corrected chi connectivity index (χ4v) is 2.66. The average molecular weight is 262 g/mol. The van der Waals surface area contributed by atoms with E-state index in [4.69, 9.17) is 4.74 Å². The number of fused-ring (bicyclic) bond motifs is 1. The van der Waals surface area contributed by atoms with Crippen molar-refractivity contribution in [3.05, 3.63) is 24.3 Å². The highest BCUT2D eigenvalue weighted by atomic mass is 16.5. The van der Waals surface area contributed by atoms with E-state index in [0.29, 0.717) is 13.0 Å². The molecular formula is C16H22O3. The van der Waals surface area contributed by atoms with E-state index in [1.807, 2.05) is 26.8 Å². The Hall–Kier alpha value is -1.38. The Bertz CT molecular complexity index is 439. The quantitative estimate of drug-likeness (QED) is 0.567. The molecule has 0 bridgehead atoms. The van der Waals surface area contributed by atoms with Gasteiger partial charge in [0, 0.05) is 11.8 Å². The van der Waals surface area contributed by atoms with Crippen LogP contribution < -0.4 is 0 Å². The normalized spacial score (nSPS) is 30.1. The molecule has 0 aromatic rings. The van der Waals surface area contributed by atoms with Gasteiger partial charge in [-0.25, -0.2) is 0 Å². The zero-order valence-electron chi connectivity index (χ0n) is 11.9. The molecule has 0 spiro atoms. The third kappa shape index (κ3) is 2.96. The molecule has 0 heterocycles. The maximum Gasteiger partial charge on any atom is 0.311 e. The second kappa shape index (κ2) is 4.95. The molecule has 0 unspecified atom stereocenters. The van der Waals surface area contributed by atoms with Crippen molar-refractivity contribution in [1.82, 2.24) is 0 Å². The average Bonchev–Trinajstić information content (AvgIpc) is 2.35. The number of allylic oxidation sites excluding steroid dienone is 3. The van der Waals surface area contributed by atoms with Gasteiger partial charge >= 0.3 is 5.97 Å². The minimum atomic E-state index is -0.481. The third-order valence-corrected chi connectivity index (χ3v) is 3.99. The summed E-state index contributed by atoms with van der Waals surface area (Å²) in [5, 5.41) is 0. The summed E-state index contributed by atoms with van der Waals surface area (Å²) in [6.07, 6.45) is 10.3. The summed E-state index contributed by atoms with van der Waals surface area (Å²) in [6.45, 7) is 5.93. The van der Waals surface area contributed by atoms with Crippen LogP contribution in [0.15, 0.2) is 24.3 Å². The van der Waals surface area contributed by atoms with Crippen LogP contribution in [0.1, 0.15) is 40.0 Å². The molecule has 0 amide bonds. The van der Waals surface area contributed by atoms with Crippen molar-refractivity contribution in [2.24, 2.45) is 16.7 Å². The van der Waals surface area contributed by atoms with Gasteiger partial charge in [-0.3, -0.25) is 9.59 Å². The zero-order valence-corrected chi connectivity index (χ0v) is 11.9. The Morgan fingerprint density at radius 3 is 2.89 bits per heavy atom. The zero-order chi connectivity index (χ0) is 14.1. The molecule has 3 nitrogen and oxygen atoms in total. The summed E-state index contributed by atoms with van der Waals surface area (Å²) in [5.41, 5.74) is -0.658. The van der Waals surface area contributed by atoms with E-state index in [1.54, 1.807) is 6.08 Å². The van der Waals surface area contributed by atoms with E-state index in [2.05, 4.69) is 12.2 Å². The Morgan fingerprint density at radius 1 is 1.47 bits per heavy atom. The van der Waals surface area contributed by atoms with Crippen molar-refractivity contribution < 1.29 is 14.3 Å². The van der Waals surface area contributed by atoms with Crippen LogP contribution in [0, 0.1) is 16.7 Å². The van der Waals surface area contributed by atoms with Crippen LogP contribution in [0.25, 0.3) is 0 Å². The molecule has 2 rings (SSSR count). The molecular weight excluding hydrogens is 240 g/mol. The van der Waals surface area contributed by atoms with E-state index in [9.17, 15) is 9.59 Å². The topological polar surface area (TPSA) is 43.4 Å². The maximum absolute atomic E-state index is 11.9. The molecule has 0 radical (unpaired) electrons. The smallest absolute Gasteiger partial charge is 0.311 e. The van der Waals surface area contributed by atoms with E-state index in [0.717, 1.165) is 12.8 Å². The molecule has 0 aliphatic heterocycles. The summed E-state index contributed by atoms with van der Waals surface area (Å²) in [4.78, 5) is 23.4. The van der Waals surface area contributed by atoms with E-state index < -0.39 is 5.41 Å². The van der Waals surface area contributed by atoms with Gasteiger partial charge in [0.2, 0.25) is 0 Å². The standard InChI is InChI=1S/C16H22O3/c1-15(2,3)14(18)19-11-16-8-5-4-6-12(16)10-13(17)7-9-16/h4,6-7,9,12H,5,8,10-11H2,1-3H3/t12-,16+/m0/s1. The lowest BCUT2D eigenvalue weighted by molar-refractivity contribution is -0.156.